The van der Waals surface area contributed by atoms with Crippen molar-refractivity contribution in [3.63, 3.8) is 0 Å². The summed E-state index contributed by atoms with van der Waals surface area (Å²) < 4.78 is 5.60. The van der Waals surface area contributed by atoms with Gasteiger partial charge in [0.05, 0.1) is 0 Å². The standard InChI is InChI=1S/C17H25N3O2/c1-11-3-5-15(7-12(11)2)22-10-17(21)19-14-4-6-16-13(8-14)9-18-20-16/h3,5,7,13-14,16,18,20H,4,6,8-10H2,1-2H3,(H,19,21). The molecule has 1 aromatic rings. The zero-order valence-corrected chi connectivity index (χ0v) is 13.3. The van der Waals surface area contributed by atoms with Crippen molar-refractivity contribution in [2.45, 2.75) is 45.2 Å². The Bertz CT molecular complexity index is 547. The van der Waals surface area contributed by atoms with Crippen LogP contribution in [0.1, 0.15) is 30.4 Å². The van der Waals surface area contributed by atoms with Crippen molar-refractivity contribution in [2.24, 2.45) is 5.92 Å². The molecule has 2 fully saturated rings. The number of hydrogen-bond acceptors (Lipinski definition) is 4. The van der Waals surface area contributed by atoms with Crippen LogP contribution < -0.4 is 20.9 Å². The maximum absolute atomic E-state index is 12.1. The smallest absolute Gasteiger partial charge is 0.258 e. The quantitative estimate of drug-likeness (QED) is 0.788. The molecule has 0 aromatic heterocycles. The topological polar surface area (TPSA) is 62.4 Å². The second kappa shape index (κ2) is 6.67. The van der Waals surface area contributed by atoms with E-state index in [9.17, 15) is 4.79 Å². The third-order valence-electron chi connectivity index (χ3n) is 4.85. The van der Waals surface area contributed by atoms with Crippen LogP contribution in [0.3, 0.4) is 0 Å². The minimum absolute atomic E-state index is 0.0272. The van der Waals surface area contributed by atoms with E-state index in [0.29, 0.717) is 12.0 Å². The highest BCUT2D eigenvalue weighted by Crippen LogP contribution is 2.26. The molecule has 5 nitrogen and oxygen atoms in total. The number of carbonyl (C=O) groups is 1. The number of nitrogens with one attached hydrogen (secondary N) is 3. The fourth-order valence-electron chi connectivity index (χ4n) is 3.35. The largest absolute Gasteiger partial charge is 0.484 e. The molecular weight excluding hydrogens is 278 g/mol. The van der Waals surface area contributed by atoms with Gasteiger partial charge >= 0.3 is 0 Å². The van der Waals surface area contributed by atoms with Gasteiger partial charge in [0.2, 0.25) is 0 Å². The van der Waals surface area contributed by atoms with Gasteiger partial charge in [0.15, 0.2) is 6.61 Å². The summed E-state index contributed by atoms with van der Waals surface area (Å²) in [5, 5.41) is 3.11. The zero-order chi connectivity index (χ0) is 15.5. The van der Waals surface area contributed by atoms with Gasteiger partial charge in [-0.15, -0.1) is 0 Å². The van der Waals surface area contributed by atoms with Crippen molar-refractivity contribution < 1.29 is 9.53 Å². The van der Waals surface area contributed by atoms with Crippen molar-refractivity contribution in [1.29, 1.82) is 0 Å². The van der Waals surface area contributed by atoms with E-state index < -0.39 is 0 Å². The molecule has 0 radical (unpaired) electrons. The van der Waals surface area contributed by atoms with Gasteiger partial charge in [-0.2, -0.15) is 0 Å². The van der Waals surface area contributed by atoms with Crippen LogP contribution in [0.2, 0.25) is 0 Å². The molecule has 1 aromatic carbocycles. The average molecular weight is 303 g/mol. The Labute approximate surface area is 131 Å². The minimum Gasteiger partial charge on any atom is -0.484 e. The molecule has 3 unspecified atom stereocenters. The highest BCUT2D eigenvalue weighted by molar-refractivity contribution is 5.77. The third-order valence-corrected chi connectivity index (χ3v) is 4.85. The van der Waals surface area contributed by atoms with Crippen LogP contribution in [-0.4, -0.2) is 31.1 Å². The Morgan fingerprint density at radius 1 is 1.32 bits per heavy atom. The van der Waals surface area contributed by atoms with Crippen molar-refractivity contribution in [3.8, 4) is 5.75 Å². The lowest BCUT2D eigenvalue weighted by molar-refractivity contribution is -0.124. The lowest BCUT2D eigenvalue weighted by Crippen LogP contribution is -2.45. The Morgan fingerprint density at radius 3 is 3.00 bits per heavy atom. The number of ether oxygens (including phenoxy) is 1. The SMILES string of the molecule is Cc1ccc(OCC(=O)NC2CCC3NNCC3C2)cc1C. The molecule has 3 N–H and O–H groups in total. The van der Waals surface area contributed by atoms with Gasteiger partial charge in [-0.1, -0.05) is 6.07 Å². The fourth-order valence-corrected chi connectivity index (χ4v) is 3.35. The summed E-state index contributed by atoms with van der Waals surface area (Å²) in [4.78, 5) is 12.1. The van der Waals surface area contributed by atoms with Crippen molar-refractivity contribution >= 4 is 5.91 Å². The van der Waals surface area contributed by atoms with Crippen LogP contribution in [0, 0.1) is 19.8 Å². The molecule has 2 aliphatic rings. The maximum Gasteiger partial charge on any atom is 0.258 e. The number of amides is 1. The minimum atomic E-state index is -0.0272. The summed E-state index contributed by atoms with van der Waals surface area (Å²) in [6, 6.07) is 6.75. The van der Waals surface area contributed by atoms with Gasteiger partial charge in [-0.25, -0.2) is 0 Å². The van der Waals surface area contributed by atoms with Crippen LogP contribution in [0.5, 0.6) is 5.75 Å². The molecule has 1 saturated heterocycles. The summed E-state index contributed by atoms with van der Waals surface area (Å²) in [5.41, 5.74) is 8.92. The highest BCUT2D eigenvalue weighted by Gasteiger charge is 2.34. The Kier molecular flexibility index (Phi) is 4.64. The average Bonchev–Trinajstić information content (AvgIpc) is 2.96. The van der Waals surface area contributed by atoms with Crippen LogP contribution in [0.15, 0.2) is 18.2 Å². The van der Waals surface area contributed by atoms with Crippen LogP contribution in [0.4, 0.5) is 0 Å². The molecule has 5 heteroatoms. The molecular formula is C17H25N3O2. The predicted octanol–water partition coefficient (Wildman–Crippen LogP) is 1.44. The molecule has 120 valence electrons. The second-order valence-corrected chi connectivity index (χ2v) is 6.50. The Morgan fingerprint density at radius 2 is 2.18 bits per heavy atom. The fraction of sp³-hybridized carbons (Fsp3) is 0.588. The van der Waals surface area contributed by atoms with E-state index in [1.54, 1.807) is 0 Å². The van der Waals surface area contributed by atoms with E-state index in [4.69, 9.17) is 4.74 Å². The van der Waals surface area contributed by atoms with E-state index in [0.717, 1.165) is 31.6 Å². The molecule has 3 atom stereocenters. The number of hydrazine groups is 1. The number of rotatable bonds is 4. The number of aryl methyl sites for hydroxylation is 2. The van der Waals surface area contributed by atoms with Crippen LogP contribution >= 0.6 is 0 Å². The first kappa shape index (κ1) is 15.3. The molecule has 1 aliphatic heterocycles. The summed E-state index contributed by atoms with van der Waals surface area (Å²) in [6.07, 6.45) is 3.19. The normalized spacial score (nSPS) is 27.3. The Hall–Kier alpha value is -1.59. The van der Waals surface area contributed by atoms with Gasteiger partial charge in [0.1, 0.15) is 5.75 Å². The first-order chi connectivity index (χ1) is 10.6. The molecule has 22 heavy (non-hydrogen) atoms. The second-order valence-electron chi connectivity index (χ2n) is 6.50. The van der Waals surface area contributed by atoms with Crippen molar-refractivity contribution in [2.75, 3.05) is 13.2 Å². The van der Waals surface area contributed by atoms with E-state index in [1.165, 1.54) is 11.1 Å². The number of carbonyl (C=O) groups excluding carboxylic acids is 1. The van der Waals surface area contributed by atoms with Crippen LogP contribution in [0.25, 0.3) is 0 Å². The zero-order valence-electron chi connectivity index (χ0n) is 13.3. The summed E-state index contributed by atoms with van der Waals surface area (Å²) >= 11 is 0. The maximum atomic E-state index is 12.1. The monoisotopic (exact) mass is 303 g/mol. The highest BCUT2D eigenvalue weighted by atomic mass is 16.5. The first-order valence-corrected chi connectivity index (χ1v) is 8.09. The third kappa shape index (κ3) is 3.59. The van der Waals surface area contributed by atoms with Gasteiger partial charge in [0.25, 0.3) is 5.91 Å². The van der Waals surface area contributed by atoms with Crippen molar-refractivity contribution in [1.82, 2.24) is 16.2 Å². The summed E-state index contributed by atoms with van der Waals surface area (Å²) in [7, 11) is 0. The summed E-state index contributed by atoms with van der Waals surface area (Å²) in [6.45, 7) is 5.19. The lowest BCUT2D eigenvalue weighted by atomic mass is 9.83. The van der Waals surface area contributed by atoms with Gasteiger partial charge in [0, 0.05) is 18.6 Å². The Balaban J connectivity index is 1.45. The molecule has 1 saturated carbocycles. The molecule has 0 spiro atoms. The van der Waals surface area contributed by atoms with Gasteiger partial charge < -0.3 is 10.1 Å². The number of benzene rings is 1. The first-order valence-electron chi connectivity index (χ1n) is 8.09. The van der Waals surface area contributed by atoms with Gasteiger partial charge in [-0.3, -0.25) is 15.6 Å². The van der Waals surface area contributed by atoms with Gasteiger partial charge in [-0.05, 0) is 62.3 Å². The molecule has 1 aliphatic carbocycles. The lowest BCUT2D eigenvalue weighted by Gasteiger charge is -2.31. The number of fused-ring (bicyclic) bond motifs is 1. The molecule has 1 amide bonds. The van der Waals surface area contributed by atoms with E-state index >= 15 is 0 Å². The summed E-state index contributed by atoms with van der Waals surface area (Å²) in [5.74, 6) is 1.35. The molecule has 3 rings (SSSR count). The molecule has 1 heterocycles. The molecule has 0 bridgehead atoms. The van der Waals surface area contributed by atoms with Crippen molar-refractivity contribution in [3.05, 3.63) is 29.3 Å². The van der Waals surface area contributed by atoms with E-state index in [1.807, 2.05) is 25.1 Å². The predicted molar refractivity (Wildman–Crippen MR) is 85.6 cm³/mol. The van der Waals surface area contributed by atoms with E-state index in [-0.39, 0.29) is 18.6 Å². The van der Waals surface area contributed by atoms with Crippen LogP contribution in [-0.2, 0) is 4.79 Å². The van der Waals surface area contributed by atoms with E-state index in [2.05, 4.69) is 23.1 Å². The number of hydrogen-bond donors (Lipinski definition) is 3.